The van der Waals surface area contributed by atoms with E-state index in [0.717, 1.165) is 16.2 Å². The first-order chi connectivity index (χ1) is 13.4. The van der Waals surface area contributed by atoms with Crippen LogP contribution in [0.3, 0.4) is 0 Å². The number of rotatable bonds is 4. The van der Waals surface area contributed by atoms with E-state index in [1.165, 1.54) is 11.3 Å². The highest BCUT2D eigenvalue weighted by Gasteiger charge is 2.49. The third-order valence-electron chi connectivity index (χ3n) is 4.92. The van der Waals surface area contributed by atoms with Crippen LogP contribution in [-0.2, 0) is 10.3 Å². The van der Waals surface area contributed by atoms with E-state index in [1.807, 2.05) is 13.0 Å². The Morgan fingerprint density at radius 3 is 2.64 bits per heavy atom. The van der Waals surface area contributed by atoms with Gasteiger partial charge in [-0.25, -0.2) is 4.79 Å². The quantitative estimate of drug-likeness (QED) is 0.630. The van der Waals surface area contributed by atoms with Crippen molar-refractivity contribution >= 4 is 29.1 Å². The second-order valence-corrected chi connectivity index (χ2v) is 8.28. The van der Waals surface area contributed by atoms with Crippen molar-refractivity contribution in [3.8, 4) is 11.5 Å². The summed E-state index contributed by atoms with van der Waals surface area (Å²) in [7, 11) is 0. The van der Waals surface area contributed by atoms with Gasteiger partial charge in [0.2, 0.25) is 0 Å². The standard InChI is InChI=1S/C20H20N2O5S/c1-12-4-7-17(28-12)14(23)11-22-18(24)20(2,21-19(22)25)13-5-6-15-16(10-13)27-9-3-8-26-15/h4-7,10H,3,8-9,11H2,1-2H3,(H,21,25)/t20-/m0/s1. The fraction of sp³-hybridized carbons (Fsp3) is 0.350. The molecule has 0 saturated carbocycles. The lowest BCUT2D eigenvalue weighted by atomic mass is 9.91. The summed E-state index contributed by atoms with van der Waals surface area (Å²) < 4.78 is 11.3. The molecule has 1 aromatic carbocycles. The third kappa shape index (κ3) is 3.13. The van der Waals surface area contributed by atoms with Gasteiger partial charge in [0.05, 0.1) is 24.6 Å². The lowest BCUT2D eigenvalue weighted by Crippen LogP contribution is -2.41. The van der Waals surface area contributed by atoms with Crippen molar-refractivity contribution in [3.05, 3.63) is 45.6 Å². The average Bonchev–Trinajstić information content (AvgIpc) is 3.08. The van der Waals surface area contributed by atoms with E-state index in [0.29, 0.717) is 35.2 Å². The molecule has 1 fully saturated rings. The zero-order valence-electron chi connectivity index (χ0n) is 15.6. The molecule has 146 valence electrons. The van der Waals surface area contributed by atoms with Crippen molar-refractivity contribution in [3.63, 3.8) is 0 Å². The van der Waals surface area contributed by atoms with E-state index >= 15 is 0 Å². The van der Waals surface area contributed by atoms with Crippen LogP contribution in [-0.4, -0.2) is 42.4 Å². The van der Waals surface area contributed by atoms with Crippen LogP contribution in [0.2, 0.25) is 0 Å². The number of imide groups is 1. The summed E-state index contributed by atoms with van der Waals surface area (Å²) in [6.45, 7) is 4.33. The van der Waals surface area contributed by atoms with Crippen molar-refractivity contribution < 1.29 is 23.9 Å². The molecule has 8 heteroatoms. The van der Waals surface area contributed by atoms with E-state index in [4.69, 9.17) is 9.47 Å². The van der Waals surface area contributed by atoms with Gasteiger partial charge in [0.15, 0.2) is 17.3 Å². The molecule has 0 bridgehead atoms. The predicted molar refractivity (Wildman–Crippen MR) is 103 cm³/mol. The lowest BCUT2D eigenvalue weighted by Gasteiger charge is -2.23. The van der Waals surface area contributed by atoms with Crippen molar-refractivity contribution in [1.29, 1.82) is 0 Å². The predicted octanol–water partition coefficient (Wildman–Crippen LogP) is 2.87. The SMILES string of the molecule is Cc1ccc(C(=O)CN2C(=O)N[C@@](C)(c3ccc4c(c3)OCCCO4)C2=O)s1. The first kappa shape index (κ1) is 18.5. The number of carbonyl (C=O) groups excluding carboxylic acids is 3. The fourth-order valence-electron chi connectivity index (χ4n) is 3.32. The molecule has 7 nitrogen and oxygen atoms in total. The van der Waals surface area contributed by atoms with Crippen molar-refractivity contribution in [2.75, 3.05) is 19.8 Å². The fourth-order valence-corrected chi connectivity index (χ4v) is 4.11. The molecule has 0 spiro atoms. The summed E-state index contributed by atoms with van der Waals surface area (Å²) in [5, 5.41) is 2.72. The summed E-state index contributed by atoms with van der Waals surface area (Å²) in [4.78, 5) is 40.5. The van der Waals surface area contributed by atoms with Crippen molar-refractivity contribution in [2.45, 2.75) is 25.8 Å². The molecule has 1 saturated heterocycles. The van der Waals surface area contributed by atoms with E-state index in [-0.39, 0.29) is 12.3 Å². The highest BCUT2D eigenvalue weighted by molar-refractivity contribution is 7.14. The minimum absolute atomic E-state index is 0.260. The Morgan fingerprint density at radius 2 is 1.93 bits per heavy atom. The molecular formula is C20H20N2O5S. The van der Waals surface area contributed by atoms with E-state index < -0.39 is 17.5 Å². The molecule has 0 unspecified atom stereocenters. The Labute approximate surface area is 166 Å². The minimum atomic E-state index is -1.27. The zero-order valence-corrected chi connectivity index (χ0v) is 16.4. The maximum absolute atomic E-state index is 13.1. The Hall–Kier alpha value is -2.87. The topological polar surface area (TPSA) is 84.9 Å². The zero-order chi connectivity index (χ0) is 19.9. The van der Waals surface area contributed by atoms with Gasteiger partial charge in [-0.1, -0.05) is 6.07 Å². The number of amides is 3. The first-order valence-electron chi connectivity index (χ1n) is 9.02. The molecule has 1 aromatic heterocycles. The Bertz CT molecular complexity index is 969. The molecule has 1 atom stereocenters. The second-order valence-electron chi connectivity index (χ2n) is 6.99. The van der Waals surface area contributed by atoms with Gasteiger partial charge in [0, 0.05) is 11.3 Å². The Kier molecular flexibility index (Phi) is 4.58. The average molecular weight is 400 g/mol. The number of urea groups is 1. The van der Waals surface area contributed by atoms with Crippen LogP contribution in [0, 0.1) is 6.92 Å². The summed E-state index contributed by atoms with van der Waals surface area (Å²) in [5.41, 5.74) is -0.690. The van der Waals surface area contributed by atoms with Gasteiger partial charge in [-0.15, -0.1) is 11.3 Å². The number of nitrogens with one attached hydrogen (secondary N) is 1. The molecule has 0 radical (unpaired) electrons. The molecule has 2 aromatic rings. The molecule has 1 N–H and O–H groups in total. The van der Waals surface area contributed by atoms with Crippen LogP contribution in [0.15, 0.2) is 30.3 Å². The van der Waals surface area contributed by atoms with Gasteiger partial charge >= 0.3 is 6.03 Å². The van der Waals surface area contributed by atoms with Crippen LogP contribution >= 0.6 is 11.3 Å². The maximum atomic E-state index is 13.1. The van der Waals surface area contributed by atoms with Crippen LogP contribution in [0.25, 0.3) is 0 Å². The number of benzene rings is 1. The monoisotopic (exact) mass is 400 g/mol. The largest absolute Gasteiger partial charge is 0.490 e. The highest BCUT2D eigenvalue weighted by atomic mass is 32.1. The number of ether oxygens (including phenoxy) is 2. The number of hydrogen-bond donors (Lipinski definition) is 1. The summed E-state index contributed by atoms with van der Waals surface area (Å²) in [6, 6.07) is 8.16. The molecular weight excluding hydrogens is 380 g/mol. The highest BCUT2D eigenvalue weighted by Crippen LogP contribution is 2.36. The number of thiophene rings is 1. The normalized spacial score (nSPS) is 21.4. The molecule has 4 rings (SSSR count). The molecule has 2 aliphatic heterocycles. The van der Waals surface area contributed by atoms with Gasteiger partial charge in [-0.05, 0) is 43.7 Å². The summed E-state index contributed by atoms with van der Waals surface area (Å²) in [5.74, 6) is 0.432. The molecule has 0 aliphatic carbocycles. The van der Waals surface area contributed by atoms with Crippen LogP contribution in [0.1, 0.15) is 33.5 Å². The van der Waals surface area contributed by atoms with Gasteiger partial charge < -0.3 is 14.8 Å². The van der Waals surface area contributed by atoms with E-state index in [9.17, 15) is 14.4 Å². The Balaban J connectivity index is 1.59. The Morgan fingerprint density at radius 1 is 1.18 bits per heavy atom. The number of aryl methyl sites for hydroxylation is 1. The van der Waals surface area contributed by atoms with Crippen LogP contribution in [0.4, 0.5) is 4.79 Å². The van der Waals surface area contributed by atoms with Crippen LogP contribution in [0.5, 0.6) is 11.5 Å². The molecule has 2 aliphatic rings. The van der Waals surface area contributed by atoms with Crippen LogP contribution < -0.4 is 14.8 Å². The molecule has 3 heterocycles. The number of carbonyl (C=O) groups is 3. The number of fused-ring (bicyclic) bond motifs is 1. The third-order valence-corrected chi connectivity index (χ3v) is 5.96. The van der Waals surface area contributed by atoms with Gasteiger partial charge in [-0.2, -0.15) is 0 Å². The van der Waals surface area contributed by atoms with E-state index in [2.05, 4.69) is 5.32 Å². The lowest BCUT2D eigenvalue weighted by molar-refractivity contribution is -0.130. The van der Waals surface area contributed by atoms with Gasteiger partial charge in [-0.3, -0.25) is 14.5 Å². The molecule has 3 amide bonds. The second kappa shape index (κ2) is 6.94. The van der Waals surface area contributed by atoms with Gasteiger partial charge in [0.1, 0.15) is 5.54 Å². The van der Waals surface area contributed by atoms with Gasteiger partial charge in [0.25, 0.3) is 5.91 Å². The smallest absolute Gasteiger partial charge is 0.325 e. The molecule has 28 heavy (non-hydrogen) atoms. The first-order valence-corrected chi connectivity index (χ1v) is 9.84. The van der Waals surface area contributed by atoms with Crippen molar-refractivity contribution in [2.24, 2.45) is 0 Å². The van der Waals surface area contributed by atoms with E-state index in [1.54, 1.807) is 31.2 Å². The minimum Gasteiger partial charge on any atom is -0.490 e. The number of hydrogen-bond acceptors (Lipinski definition) is 6. The summed E-state index contributed by atoms with van der Waals surface area (Å²) in [6.07, 6.45) is 0.773. The van der Waals surface area contributed by atoms with Crippen molar-refractivity contribution in [1.82, 2.24) is 10.2 Å². The maximum Gasteiger partial charge on any atom is 0.325 e. The number of nitrogens with zero attached hydrogens (tertiary/aromatic N) is 1. The summed E-state index contributed by atoms with van der Waals surface area (Å²) >= 11 is 1.35. The number of Topliss-reactive ketones (excluding diaryl/α,β-unsaturated/α-hetero) is 1. The number of ketones is 1.